The second-order valence-corrected chi connectivity index (χ2v) is 7.06. The first kappa shape index (κ1) is 18.0. The summed E-state index contributed by atoms with van der Waals surface area (Å²) in [6, 6.07) is 6.14. The van der Waals surface area contributed by atoms with Crippen LogP contribution in [0.2, 0.25) is 0 Å². The topological polar surface area (TPSA) is 58.4 Å². The maximum atomic E-state index is 12.8. The van der Waals surface area contributed by atoms with Crippen molar-refractivity contribution in [3.05, 3.63) is 29.3 Å². The van der Waals surface area contributed by atoms with Crippen LogP contribution in [0.25, 0.3) is 0 Å². The molecule has 1 aliphatic heterocycles. The average Bonchev–Trinajstić information content (AvgIpc) is 2.97. The van der Waals surface area contributed by atoms with Gasteiger partial charge in [0, 0.05) is 12.2 Å². The number of nitrogens with zero attached hydrogens (tertiary/aromatic N) is 1. The quantitative estimate of drug-likeness (QED) is 0.848. The monoisotopic (exact) mass is 317 g/mol. The number of nitrogens with one attached hydrogen (secondary N) is 1. The van der Waals surface area contributed by atoms with Gasteiger partial charge in [0.15, 0.2) is 0 Å². The number of anilines is 1. The Morgan fingerprint density at radius 2 is 1.96 bits per heavy atom. The van der Waals surface area contributed by atoms with Gasteiger partial charge in [0.1, 0.15) is 0 Å². The standard InChI is InChI=1S/C19H31N3O/c1-5-15-8-7-9-16(6-2)17(15)21-18(23)14(3)22-11-10-19(4,12-20)13-22/h7-9,14H,5-6,10-13,20H2,1-4H3,(H,21,23). The van der Waals surface area contributed by atoms with E-state index < -0.39 is 0 Å². The largest absolute Gasteiger partial charge is 0.330 e. The van der Waals surface area contributed by atoms with Gasteiger partial charge >= 0.3 is 0 Å². The Hall–Kier alpha value is -1.39. The molecule has 1 aromatic carbocycles. The molecule has 3 N–H and O–H groups in total. The van der Waals surface area contributed by atoms with E-state index in [4.69, 9.17) is 5.73 Å². The van der Waals surface area contributed by atoms with Gasteiger partial charge in [-0.05, 0) is 55.8 Å². The summed E-state index contributed by atoms with van der Waals surface area (Å²) in [5, 5.41) is 3.19. The van der Waals surface area contributed by atoms with Gasteiger partial charge in [-0.25, -0.2) is 0 Å². The molecule has 1 aliphatic rings. The van der Waals surface area contributed by atoms with Gasteiger partial charge in [-0.1, -0.05) is 39.0 Å². The normalized spacial score (nSPS) is 23.0. The lowest BCUT2D eigenvalue weighted by Gasteiger charge is -2.27. The molecule has 0 spiro atoms. The van der Waals surface area contributed by atoms with Gasteiger partial charge in [-0.15, -0.1) is 0 Å². The van der Waals surface area contributed by atoms with Crippen LogP contribution < -0.4 is 11.1 Å². The van der Waals surface area contributed by atoms with Crippen LogP contribution in [0.1, 0.15) is 45.2 Å². The van der Waals surface area contributed by atoms with E-state index in [-0.39, 0.29) is 17.4 Å². The summed E-state index contributed by atoms with van der Waals surface area (Å²) in [6.07, 6.45) is 2.91. The summed E-state index contributed by atoms with van der Waals surface area (Å²) in [5.74, 6) is 0.0851. The van der Waals surface area contributed by atoms with E-state index in [0.717, 1.165) is 38.0 Å². The fraction of sp³-hybridized carbons (Fsp3) is 0.632. The summed E-state index contributed by atoms with van der Waals surface area (Å²) in [4.78, 5) is 15.0. The summed E-state index contributed by atoms with van der Waals surface area (Å²) >= 11 is 0. The van der Waals surface area contributed by atoms with E-state index in [1.54, 1.807) is 0 Å². The number of hydrogen-bond donors (Lipinski definition) is 2. The maximum Gasteiger partial charge on any atom is 0.241 e. The minimum Gasteiger partial charge on any atom is -0.330 e. The van der Waals surface area contributed by atoms with Crippen LogP contribution in [0.15, 0.2) is 18.2 Å². The highest BCUT2D eigenvalue weighted by atomic mass is 16.2. The zero-order chi connectivity index (χ0) is 17.0. The number of benzene rings is 1. The Labute approximate surface area is 140 Å². The Morgan fingerprint density at radius 3 is 2.43 bits per heavy atom. The Morgan fingerprint density at radius 1 is 1.35 bits per heavy atom. The first-order valence-corrected chi connectivity index (χ1v) is 8.80. The first-order valence-electron chi connectivity index (χ1n) is 8.80. The predicted molar refractivity (Wildman–Crippen MR) is 96.6 cm³/mol. The second kappa shape index (κ2) is 7.45. The SMILES string of the molecule is CCc1cccc(CC)c1NC(=O)C(C)N1CCC(C)(CN)C1. The molecule has 23 heavy (non-hydrogen) atoms. The van der Waals surface area contributed by atoms with Crippen molar-refractivity contribution in [3.63, 3.8) is 0 Å². The highest BCUT2D eigenvalue weighted by Gasteiger charge is 2.36. The molecule has 128 valence electrons. The van der Waals surface area contributed by atoms with E-state index in [1.165, 1.54) is 11.1 Å². The van der Waals surface area contributed by atoms with Crippen molar-refractivity contribution < 1.29 is 4.79 Å². The molecule has 4 nitrogen and oxygen atoms in total. The third kappa shape index (κ3) is 3.93. The molecule has 4 heteroatoms. The molecule has 0 saturated carbocycles. The van der Waals surface area contributed by atoms with Crippen LogP contribution in [0.5, 0.6) is 0 Å². The summed E-state index contributed by atoms with van der Waals surface area (Å²) in [7, 11) is 0. The number of likely N-dealkylation sites (tertiary alicyclic amines) is 1. The lowest BCUT2D eigenvalue weighted by atomic mass is 9.90. The van der Waals surface area contributed by atoms with E-state index in [2.05, 4.69) is 49.2 Å². The van der Waals surface area contributed by atoms with Gasteiger partial charge in [0.2, 0.25) is 5.91 Å². The summed E-state index contributed by atoms with van der Waals surface area (Å²) < 4.78 is 0. The van der Waals surface area contributed by atoms with Crippen molar-refractivity contribution in [1.29, 1.82) is 0 Å². The highest BCUT2D eigenvalue weighted by Crippen LogP contribution is 2.30. The number of para-hydroxylation sites is 1. The molecule has 2 atom stereocenters. The van der Waals surface area contributed by atoms with E-state index in [0.29, 0.717) is 6.54 Å². The van der Waals surface area contributed by atoms with Crippen LogP contribution in [0.4, 0.5) is 5.69 Å². The molecule has 0 bridgehead atoms. The van der Waals surface area contributed by atoms with E-state index in [1.807, 2.05) is 6.92 Å². The van der Waals surface area contributed by atoms with Gasteiger partial charge in [0.25, 0.3) is 0 Å². The van der Waals surface area contributed by atoms with Crippen molar-refractivity contribution in [2.45, 2.75) is 53.0 Å². The third-order valence-corrected chi connectivity index (χ3v) is 5.25. The Kier molecular flexibility index (Phi) is 5.82. The number of carbonyl (C=O) groups excluding carboxylic acids is 1. The van der Waals surface area contributed by atoms with E-state index in [9.17, 15) is 4.79 Å². The lowest BCUT2D eigenvalue weighted by Crippen LogP contribution is -2.42. The zero-order valence-corrected chi connectivity index (χ0v) is 15.0. The first-order chi connectivity index (χ1) is 10.9. The van der Waals surface area contributed by atoms with Crippen molar-refractivity contribution >= 4 is 11.6 Å². The van der Waals surface area contributed by atoms with Crippen LogP contribution in [0, 0.1) is 5.41 Å². The second-order valence-electron chi connectivity index (χ2n) is 7.06. The van der Waals surface area contributed by atoms with Crippen molar-refractivity contribution in [1.82, 2.24) is 4.90 Å². The van der Waals surface area contributed by atoms with Crippen LogP contribution in [-0.4, -0.2) is 36.5 Å². The van der Waals surface area contributed by atoms with Crippen LogP contribution in [-0.2, 0) is 17.6 Å². The minimum absolute atomic E-state index is 0.0851. The molecule has 1 amide bonds. The molecule has 1 fully saturated rings. The number of hydrogen-bond acceptors (Lipinski definition) is 3. The van der Waals surface area contributed by atoms with Crippen molar-refractivity contribution in [2.75, 3.05) is 25.0 Å². The smallest absolute Gasteiger partial charge is 0.241 e. The molecule has 0 aromatic heterocycles. The van der Waals surface area contributed by atoms with Crippen LogP contribution >= 0.6 is 0 Å². The third-order valence-electron chi connectivity index (χ3n) is 5.25. The molecule has 0 radical (unpaired) electrons. The predicted octanol–water partition coefficient (Wildman–Crippen LogP) is 2.81. The molecule has 2 unspecified atom stereocenters. The number of aryl methyl sites for hydroxylation is 2. The minimum atomic E-state index is -0.127. The Bertz CT molecular complexity index is 535. The molecule has 1 saturated heterocycles. The van der Waals surface area contributed by atoms with Crippen molar-refractivity contribution in [2.24, 2.45) is 11.1 Å². The summed E-state index contributed by atoms with van der Waals surface area (Å²) in [5.41, 5.74) is 9.44. The van der Waals surface area contributed by atoms with Gasteiger partial charge in [-0.2, -0.15) is 0 Å². The molecule has 2 rings (SSSR count). The van der Waals surface area contributed by atoms with E-state index >= 15 is 0 Å². The van der Waals surface area contributed by atoms with Gasteiger partial charge < -0.3 is 11.1 Å². The number of carbonyl (C=O) groups is 1. The fourth-order valence-corrected chi connectivity index (χ4v) is 3.36. The number of rotatable bonds is 6. The lowest BCUT2D eigenvalue weighted by molar-refractivity contribution is -0.120. The van der Waals surface area contributed by atoms with Gasteiger partial charge in [-0.3, -0.25) is 9.69 Å². The number of amides is 1. The zero-order valence-electron chi connectivity index (χ0n) is 15.0. The maximum absolute atomic E-state index is 12.8. The summed E-state index contributed by atoms with van der Waals surface area (Å²) in [6.45, 7) is 11.0. The average molecular weight is 317 g/mol. The number of nitrogens with two attached hydrogens (primary N) is 1. The molecule has 0 aliphatic carbocycles. The Balaban J connectivity index is 2.11. The van der Waals surface area contributed by atoms with Crippen molar-refractivity contribution in [3.8, 4) is 0 Å². The molecule has 1 aromatic rings. The van der Waals surface area contributed by atoms with Crippen LogP contribution in [0.3, 0.4) is 0 Å². The highest BCUT2D eigenvalue weighted by molar-refractivity contribution is 5.96. The fourth-order valence-electron chi connectivity index (χ4n) is 3.36. The molecule has 1 heterocycles. The molecular formula is C19H31N3O. The molecular weight excluding hydrogens is 286 g/mol. The van der Waals surface area contributed by atoms with Gasteiger partial charge in [0.05, 0.1) is 6.04 Å².